The first-order valence-corrected chi connectivity index (χ1v) is 8.49. The van der Waals surface area contributed by atoms with Crippen molar-refractivity contribution in [3.63, 3.8) is 0 Å². The number of rotatable bonds is 5. The number of hydrogen-bond acceptors (Lipinski definition) is 5. The van der Waals surface area contributed by atoms with E-state index in [0.29, 0.717) is 13.1 Å². The van der Waals surface area contributed by atoms with Crippen LogP contribution in [0, 0.1) is 6.92 Å². The van der Waals surface area contributed by atoms with Crippen LogP contribution in [0.3, 0.4) is 0 Å². The maximum absolute atomic E-state index is 12.0. The van der Waals surface area contributed by atoms with Gasteiger partial charge in [0, 0.05) is 56.9 Å². The Bertz CT molecular complexity index is 523. The monoisotopic (exact) mass is 318 g/mol. The zero-order valence-electron chi connectivity index (χ0n) is 13.8. The van der Waals surface area contributed by atoms with Crippen LogP contribution in [-0.2, 0) is 9.53 Å². The van der Waals surface area contributed by atoms with Crippen LogP contribution in [0.5, 0.6) is 0 Å². The smallest absolute Gasteiger partial charge is 0.234 e. The first-order valence-electron chi connectivity index (χ1n) is 8.49. The van der Waals surface area contributed by atoms with E-state index in [1.807, 2.05) is 13.1 Å². The predicted molar refractivity (Wildman–Crippen MR) is 89.6 cm³/mol. The van der Waals surface area contributed by atoms with Gasteiger partial charge in [-0.1, -0.05) is 0 Å². The average Bonchev–Trinajstić information content (AvgIpc) is 3.07. The number of pyridine rings is 1. The molecule has 0 spiro atoms. The molecule has 0 bridgehead atoms. The van der Waals surface area contributed by atoms with Crippen LogP contribution >= 0.6 is 0 Å². The SMILES string of the molecule is Cc1cc(N2CCN(CC(=O)NC[C@@H]3CCCO3)CC2)ccn1. The maximum atomic E-state index is 12.0. The highest BCUT2D eigenvalue weighted by atomic mass is 16.5. The summed E-state index contributed by atoms with van der Waals surface area (Å²) < 4.78 is 5.53. The Labute approximate surface area is 137 Å². The van der Waals surface area contributed by atoms with Crippen molar-refractivity contribution in [3.05, 3.63) is 24.0 Å². The quantitative estimate of drug-likeness (QED) is 0.870. The lowest BCUT2D eigenvalue weighted by Gasteiger charge is -2.35. The molecule has 1 aromatic rings. The van der Waals surface area contributed by atoms with Crippen LogP contribution in [0.25, 0.3) is 0 Å². The lowest BCUT2D eigenvalue weighted by atomic mass is 10.2. The first-order chi connectivity index (χ1) is 11.2. The largest absolute Gasteiger partial charge is 0.376 e. The fraction of sp³-hybridized carbons (Fsp3) is 0.647. The summed E-state index contributed by atoms with van der Waals surface area (Å²) in [5.74, 6) is 0.105. The number of anilines is 1. The summed E-state index contributed by atoms with van der Waals surface area (Å²) in [7, 11) is 0. The van der Waals surface area contributed by atoms with Crippen molar-refractivity contribution in [2.75, 3.05) is 50.8 Å². The van der Waals surface area contributed by atoms with Crippen molar-refractivity contribution in [2.24, 2.45) is 0 Å². The molecule has 3 heterocycles. The molecule has 23 heavy (non-hydrogen) atoms. The molecule has 6 nitrogen and oxygen atoms in total. The number of aromatic nitrogens is 1. The first kappa shape index (κ1) is 16.2. The second-order valence-electron chi connectivity index (χ2n) is 6.36. The molecule has 0 radical (unpaired) electrons. The average molecular weight is 318 g/mol. The molecule has 2 aliphatic rings. The Hall–Kier alpha value is -1.66. The molecule has 6 heteroatoms. The lowest BCUT2D eigenvalue weighted by Crippen LogP contribution is -2.50. The van der Waals surface area contributed by atoms with Crippen LogP contribution in [0.2, 0.25) is 0 Å². The van der Waals surface area contributed by atoms with Gasteiger partial charge in [-0.15, -0.1) is 0 Å². The molecule has 1 N–H and O–H groups in total. The van der Waals surface area contributed by atoms with Crippen LogP contribution in [0.1, 0.15) is 18.5 Å². The van der Waals surface area contributed by atoms with E-state index in [-0.39, 0.29) is 12.0 Å². The number of nitrogens with one attached hydrogen (secondary N) is 1. The second-order valence-corrected chi connectivity index (χ2v) is 6.36. The fourth-order valence-corrected chi connectivity index (χ4v) is 3.18. The molecule has 2 fully saturated rings. The molecule has 2 aliphatic heterocycles. The predicted octanol–water partition coefficient (Wildman–Crippen LogP) is 0.807. The van der Waals surface area contributed by atoms with Gasteiger partial charge in [-0.25, -0.2) is 0 Å². The molecule has 3 rings (SSSR count). The Morgan fingerprint density at radius 3 is 2.91 bits per heavy atom. The van der Waals surface area contributed by atoms with Crippen molar-refractivity contribution in [1.82, 2.24) is 15.2 Å². The summed E-state index contributed by atoms with van der Waals surface area (Å²) in [6.45, 7) is 7.69. The highest BCUT2D eigenvalue weighted by Gasteiger charge is 2.20. The Kier molecular flexibility index (Phi) is 5.46. The van der Waals surface area contributed by atoms with Crippen LogP contribution in [-0.4, -0.2) is 67.8 Å². The molecule has 0 aromatic carbocycles. The van der Waals surface area contributed by atoms with Gasteiger partial charge < -0.3 is 15.0 Å². The van der Waals surface area contributed by atoms with E-state index >= 15 is 0 Å². The van der Waals surface area contributed by atoms with E-state index in [9.17, 15) is 4.79 Å². The molecule has 1 atom stereocenters. The summed E-state index contributed by atoms with van der Waals surface area (Å²) in [5.41, 5.74) is 2.26. The minimum atomic E-state index is 0.105. The van der Waals surface area contributed by atoms with Crippen LogP contribution in [0.4, 0.5) is 5.69 Å². The van der Waals surface area contributed by atoms with E-state index in [0.717, 1.165) is 51.3 Å². The van der Waals surface area contributed by atoms with Gasteiger partial charge >= 0.3 is 0 Å². The number of carbonyl (C=O) groups excluding carboxylic acids is 1. The molecule has 126 valence electrons. The van der Waals surface area contributed by atoms with E-state index < -0.39 is 0 Å². The number of piperazine rings is 1. The highest BCUT2D eigenvalue weighted by molar-refractivity contribution is 5.78. The Balaban J connectivity index is 1.39. The van der Waals surface area contributed by atoms with Gasteiger partial charge in [-0.05, 0) is 31.9 Å². The summed E-state index contributed by atoms with van der Waals surface area (Å²) in [6, 6.07) is 4.17. The van der Waals surface area contributed by atoms with E-state index in [4.69, 9.17) is 4.74 Å². The lowest BCUT2D eigenvalue weighted by molar-refractivity contribution is -0.122. The van der Waals surface area contributed by atoms with Crippen molar-refractivity contribution in [3.8, 4) is 0 Å². The zero-order valence-corrected chi connectivity index (χ0v) is 13.8. The second kappa shape index (κ2) is 7.75. The van der Waals surface area contributed by atoms with Gasteiger partial charge in [0.1, 0.15) is 0 Å². The van der Waals surface area contributed by atoms with Crippen molar-refractivity contribution in [2.45, 2.75) is 25.9 Å². The highest BCUT2D eigenvalue weighted by Crippen LogP contribution is 2.16. The number of carbonyl (C=O) groups is 1. The van der Waals surface area contributed by atoms with Crippen LogP contribution in [0.15, 0.2) is 18.3 Å². The van der Waals surface area contributed by atoms with Gasteiger partial charge in [0.2, 0.25) is 5.91 Å². The Morgan fingerprint density at radius 2 is 2.22 bits per heavy atom. The summed E-state index contributed by atoms with van der Waals surface area (Å²) in [4.78, 5) is 20.9. The van der Waals surface area contributed by atoms with Gasteiger partial charge in [0.25, 0.3) is 0 Å². The van der Waals surface area contributed by atoms with Gasteiger partial charge in [-0.3, -0.25) is 14.7 Å². The van der Waals surface area contributed by atoms with Crippen LogP contribution < -0.4 is 10.2 Å². The van der Waals surface area contributed by atoms with Crippen molar-refractivity contribution < 1.29 is 9.53 Å². The molecule has 1 aromatic heterocycles. The maximum Gasteiger partial charge on any atom is 0.234 e. The Morgan fingerprint density at radius 1 is 1.39 bits per heavy atom. The van der Waals surface area contributed by atoms with Gasteiger partial charge in [0.05, 0.1) is 12.6 Å². The molecule has 0 aliphatic carbocycles. The summed E-state index contributed by atoms with van der Waals surface area (Å²) in [5, 5.41) is 2.99. The normalized spacial score (nSPS) is 22.3. The van der Waals surface area contributed by atoms with Gasteiger partial charge in [0.15, 0.2) is 0 Å². The number of nitrogens with zero attached hydrogens (tertiary/aromatic N) is 3. The molecule has 2 saturated heterocycles. The molecular weight excluding hydrogens is 292 g/mol. The van der Waals surface area contributed by atoms with Crippen molar-refractivity contribution in [1.29, 1.82) is 0 Å². The summed E-state index contributed by atoms with van der Waals surface area (Å²) in [6.07, 6.45) is 4.24. The third kappa shape index (κ3) is 4.65. The molecule has 0 unspecified atom stereocenters. The third-order valence-electron chi connectivity index (χ3n) is 4.54. The third-order valence-corrected chi connectivity index (χ3v) is 4.54. The molecule has 0 saturated carbocycles. The van der Waals surface area contributed by atoms with E-state index in [2.05, 4.69) is 32.2 Å². The van der Waals surface area contributed by atoms with Crippen molar-refractivity contribution >= 4 is 11.6 Å². The fourth-order valence-electron chi connectivity index (χ4n) is 3.18. The number of aryl methyl sites for hydroxylation is 1. The van der Waals surface area contributed by atoms with Gasteiger partial charge in [-0.2, -0.15) is 0 Å². The minimum absolute atomic E-state index is 0.105. The topological polar surface area (TPSA) is 57.7 Å². The molecule has 1 amide bonds. The summed E-state index contributed by atoms with van der Waals surface area (Å²) >= 11 is 0. The number of hydrogen-bond donors (Lipinski definition) is 1. The number of amides is 1. The minimum Gasteiger partial charge on any atom is -0.376 e. The number of ether oxygens (including phenoxy) is 1. The van der Waals surface area contributed by atoms with E-state index in [1.54, 1.807) is 0 Å². The van der Waals surface area contributed by atoms with E-state index in [1.165, 1.54) is 5.69 Å². The zero-order chi connectivity index (χ0) is 16.1. The standard InChI is InChI=1S/C17H26N4O2/c1-14-11-15(4-5-18-14)21-8-6-20(7-9-21)13-17(22)19-12-16-3-2-10-23-16/h4-5,11,16H,2-3,6-10,12-13H2,1H3,(H,19,22)/t16-/m0/s1. The molecular formula is C17H26N4O2.